The maximum absolute atomic E-state index is 13.6. The topological polar surface area (TPSA) is 3.24 Å². The van der Waals surface area contributed by atoms with Crippen molar-refractivity contribution < 1.29 is 4.39 Å². The molecule has 2 aromatic rings. The van der Waals surface area contributed by atoms with E-state index in [0.29, 0.717) is 17.1 Å². The van der Waals surface area contributed by atoms with E-state index in [1.165, 1.54) is 6.07 Å². The molecule has 19 heavy (non-hydrogen) atoms. The molecule has 1 nitrogen and oxygen atoms in total. The molecule has 0 saturated heterocycles. The van der Waals surface area contributed by atoms with Crippen molar-refractivity contribution in [3.63, 3.8) is 0 Å². The van der Waals surface area contributed by atoms with Gasteiger partial charge in [0.05, 0.1) is 10.7 Å². The van der Waals surface area contributed by atoms with Gasteiger partial charge in [-0.15, -0.1) is 0 Å². The summed E-state index contributed by atoms with van der Waals surface area (Å²) in [7, 11) is 1.90. The third-order valence-electron chi connectivity index (χ3n) is 2.94. The molecule has 0 unspecified atom stereocenters. The van der Waals surface area contributed by atoms with Gasteiger partial charge < -0.3 is 4.90 Å². The average molecular weight is 343 g/mol. The zero-order chi connectivity index (χ0) is 13.8. The van der Waals surface area contributed by atoms with Gasteiger partial charge in [-0.2, -0.15) is 0 Å². The van der Waals surface area contributed by atoms with Crippen LogP contribution in [0.4, 0.5) is 10.1 Å². The van der Waals surface area contributed by atoms with E-state index in [-0.39, 0.29) is 5.82 Å². The van der Waals surface area contributed by atoms with Gasteiger partial charge >= 0.3 is 0 Å². The predicted octanol–water partition coefficient (Wildman–Crippen LogP) is 5.01. The zero-order valence-electron chi connectivity index (χ0n) is 10.5. The maximum atomic E-state index is 13.6. The average Bonchev–Trinajstić information content (AvgIpc) is 2.41. The molecule has 0 atom stereocenters. The highest BCUT2D eigenvalue weighted by atomic mass is 79.9. The minimum absolute atomic E-state index is 0.192. The summed E-state index contributed by atoms with van der Waals surface area (Å²) in [4.78, 5) is 1.94. The first kappa shape index (κ1) is 14.4. The Morgan fingerprint density at radius 2 is 1.95 bits per heavy atom. The van der Waals surface area contributed by atoms with Crippen LogP contribution in [0, 0.1) is 5.82 Å². The number of nitrogens with zero attached hydrogens (tertiary/aromatic N) is 1. The fourth-order valence-corrected chi connectivity index (χ4v) is 2.61. The summed E-state index contributed by atoms with van der Waals surface area (Å²) in [5, 5.41) is 1.44. The molecule has 0 fully saturated rings. The predicted molar refractivity (Wildman–Crippen MR) is 82.6 cm³/mol. The molecule has 0 bridgehead atoms. The summed E-state index contributed by atoms with van der Waals surface area (Å²) < 4.78 is 13.6. The molecule has 0 saturated carbocycles. The van der Waals surface area contributed by atoms with Crippen LogP contribution in [0.1, 0.15) is 11.1 Å². The van der Waals surface area contributed by atoms with Crippen LogP contribution in [-0.4, -0.2) is 7.05 Å². The van der Waals surface area contributed by atoms with Gasteiger partial charge in [0.15, 0.2) is 0 Å². The number of hydrogen-bond acceptors (Lipinski definition) is 1. The summed E-state index contributed by atoms with van der Waals surface area (Å²) in [5.74, 6) is -0.192. The molecule has 2 aromatic carbocycles. The second-order valence-electron chi connectivity index (χ2n) is 4.37. The quantitative estimate of drug-likeness (QED) is 0.706. The molecule has 0 aromatic heterocycles. The molecular weight excluding hydrogens is 329 g/mol. The second kappa shape index (κ2) is 6.40. The van der Waals surface area contributed by atoms with E-state index in [4.69, 9.17) is 11.6 Å². The van der Waals surface area contributed by atoms with E-state index in [0.717, 1.165) is 16.6 Å². The lowest BCUT2D eigenvalue weighted by Crippen LogP contribution is -2.17. The number of alkyl halides is 1. The van der Waals surface area contributed by atoms with Crippen molar-refractivity contribution in [2.24, 2.45) is 0 Å². The van der Waals surface area contributed by atoms with Gasteiger partial charge in [0.2, 0.25) is 0 Å². The minimum atomic E-state index is -0.192. The lowest BCUT2D eigenvalue weighted by molar-refractivity contribution is 0.608. The number of benzene rings is 2. The summed E-state index contributed by atoms with van der Waals surface area (Å²) >= 11 is 9.65. The molecule has 4 heteroatoms. The van der Waals surface area contributed by atoms with Crippen molar-refractivity contribution in [1.29, 1.82) is 0 Å². The van der Waals surface area contributed by atoms with Crippen LogP contribution < -0.4 is 4.90 Å². The highest BCUT2D eigenvalue weighted by Gasteiger charge is 2.09. The third kappa shape index (κ3) is 3.48. The van der Waals surface area contributed by atoms with E-state index in [2.05, 4.69) is 15.9 Å². The van der Waals surface area contributed by atoms with Gasteiger partial charge in [-0.05, 0) is 23.8 Å². The summed E-state index contributed by atoms with van der Waals surface area (Å²) in [6.07, 6.45) is 0. The van der Waals surface area contributed by atoms with Gasteiger partial charge in [-0.3, -0.25) is 0 Å². The van der Waals surface area contributed by atoms with Crippen molar-refractivity contribution in [3.8, 4) is 0 Å². The number of anilines is 1. The molecule has 0 spiro atoms. The normalized spacial score (nSPS) is 10.5. The van der Waals surface area contributed by atoms with Gasteiger partial charge in [-0.25, -0.2) is 4.39 Å². The van der Waals surface area contributed by atoms with E-state index in [9.17, 15) is 4.39 Å². The minimum Gasteiger partial charge on any atom is -0.369 e. The molecule has 100 valence electrons. The molecule has 0 heterocycles. The highest BCUT2D eigenvalue weighted by molar-refractivity contribution is 9.08. The molecule has 0 aliphatic carbocycles. The number of halogens is 3. The van der Waals surface area contributed by atoms with E-state index < -0.39 is 0 Å². The summed E-state index contributed by atoms with van der Waals surface area (Å²) in [6, 6.07) is 12.7. The van der Waals surface area contributed by atoms with Crippen LogP contribution in [0.2, 0.25) is 5.02 Å². The lowest BCUT2D eigenvalue weighted by atomic mass is 10.1. The monoisotopic (exact) mass is 341 g/mol. The Bertz CT molecular complexity index is 574. The van der Waals surface area contributed by atoms with E-state index >= 15 is 0 Å². The first-order chi connectivity index (χ1) is 9.11. The van der Waals surface area contributed by atoms with Crippen molar-refractivity contribution >= 4 is 33.2 Å². The van der Waals surface area contributed by atoms with Crippen LogP contribution in [0.3, 0.4) is 0 Å². The SMILES string of the molecule is CN(Cc1ccccc1F)c1ccc(CBr)cc1Cl. The van der Waals surface area contributed by atoms with E-state index in [1.807, 2.05) is 36.2 Å². The van der Waals surface area contributed by atoms with Crippen LogP contribution in [0.5, 0.6) is 0 Å². The zero-order valence-corrected chi connectivity index (χ0v) is 12.9. The van der Waals surface area contributed by atoms with E-state index in [1.54, 1.807) is 12.1 Å². The molecule has 0 aliphatic heterocycles. The van der Waals surface area contributed by atoms with Crippen LogP contribution in [-0.2, 0) is 11.9 Å². The standard InChI is InChI=1S/C15H14BrClFN/c1-19(10-12-4-2-3-5-14(12)18)15-7-6-11(9-16)8-13(15)17/h2-8H,9-10H2,1H3. The first-order valence-corrected chi connectivity index (χ1v) is 7.40. The van der Waals surface area contributed by atoms with Crippen molar-refractivity contribution in [1.82, 2.24) is 0 Å². The molecular formula is C15H14BrClFN. The van der Waals surface area contributed by atoms with Gasteiger partial charge in [0.1, 0.15) is 5.82 Å². The van der Waals surface area contributed by atoms with Gasteiger partial charge in [0, 0.05) is 24.5 Å². The van der Waals surface area contributed by atoms with Gasteiger partial charge in [0.25, 0.3) is 0 Å². The Balaban J connectivity index is 2.21. The Kier molecular flexibility index (Phi) is 4.83. The smallest absolute Gasteiger partial charge is 0.128 e. The molecule has 0 aliphatic rings. The summed E-state index contributed by atoms with van der Waals surface area (Å²) in [5.41, 5.74) is 2.67. The number of hydrogen-bond donors (Lipinski definition) is 0. The second-order valence-corrected chi connectivity index (χ2v) is 5.33. The highest BCUT2D eigenvalue weighted by Crippen LogP contribution is 2.28. The van der Waals surface area contributed by atoms with Crippen molar-refractivity contribution in [2.75, 3.05) is 11.9 Å². The largest absolute Gasteiger partial charge is 0.369 e. The van der Waals surface area contributed by atoms with Crippen LogP contribution in [0.25, 0.3) is 0 Å². The molecule has 0 radical (unpaired) electrons. The fourth-order valence-electron chi connectivity index (χ4n) is 1.91. The van der Waals surface area contributed by atoms with Crippen LogP contribution >= 0.6 is 27.5 Å². The van der Waals surface area contributed by atoms with Crippen LogP contribution in [0.15, 0.2) is 42.5 Å². The molecule has 0 N–H and O–H groups in total. The lowest BCUT2D eigenvalue weighted by Gasteiger charge is -2.21. The third-order valence-corrected chi connectivity index (χ3v) is 3.89. The van der Waals surface area contributed by atoms with Gasteiger partial charge in [-0.1, -0.05) is 51.8 Å². The Morgan fingerprint density at radius 3 is 2.58 bits per heavy atom. The van der Waals surface area contributed by atoms with Crippen molar-refractivity contribution in [3.05, 3.63) is 64.4 Å². The number of rotatable bonds is 4. The first-order valence-electron chi connectivity index (χ1n) is 5.90. The molecule has 0 amide bonds. The molecule has 2 rings (SSSR count). The Morgan fingerprint density at radius 1 is 1.21 bits per heavy atom. The maximum Gasteiger partial charge on any atom is 0.128 e. The fraction of sp³-hybridized carbons (Fsp3) is 0.200. The van der Waals surface area contributed by atoms with Crippen molar-refractivity contribution in [2.45, 2.75) is 11.9 Å². The Hall–Kier alpha value is -1.06. The Labute approximate surface area is 126 Å². The summed E-state index contributed by atoms with van der Waals surface area (Å²) in [6.45, 7) is 0.486.